The molecule has 3 N–H and O–H groups in total. The zero-order valence-corrected chi connectivity index (χ0v) is 15.4. The van der Waals surface area contributed by atoms with E-state index >= 15 is 0 Å². The summed E-state index contributed by atoms with van der Waals surface area (Å²) in [6.07, 6.45) is 4.94. The molecule has 1 aromatic carbocycles. The zero-order chi connectivity index (χ0) is 18.5. The van der Waals surface area contributed by atoms with Crippen LogP contribution in [0.2, 0.25) is 0 Å². The van der Waals surface area contributed by atoms with Gasteiger partial charge in [0.05, 0.1) is 25.1 Å². The molecule has 2 aromatic heterocycles. The fraction of sp³-hybridized carbons (Fsp3) is 0.350. The summed E-state index contributed by atoms with van der Waals surface area (Å²) in [5, 5.41) is 13.8. The van der Waals surface area contributed by atoms with Crippen molar-refractivity contribution in [2.45, 2.75) is 31.7 Å². The lowest BCUT2D eigenvalue weighted by molar-refractivity contribution is 0.133. The van der Waals surface area contributed by atoms with Gasteiger partial charge in [0, 0.05) is 48.2 Å². The molecule has 2 atom stereocenters. The highest BCUT2D eigenvalue weighted by Crippen LogP contribution is 2.36. The average Bonchev–Trinajstić information content (AvgIpc) is 3.41. The molecule has 3 aliphatic rings. The molecule has 2 bridgehead atoms. The van der Waals surface area contributed by atoms with Gasteiger partial charge < -0.3 is 20.3 Å². The van der Waals surface area contributed by atoms with Crippen molar-refractivity contribution in [1.82, 2.24) is 25.5 Å². The largest absolute Gasteiger partial charge is 0.370 e. The summed E-state index contributed by atoms with van der Waals surface area (Å²) >= 11 is 0. The Bertz CT molecular complexity index is 988. The monoisotopic (exact) mass is 375 g/mol. The van der Waals surface area contributed by atoms with Crippen molar-refractivity contribution in [3.05, 3.63) is 47.9 Å². The Balaban J connectivity index is 1.31. The second-order valence-electron chi connectivity index (χ2n) is 7.59. The van der Waals surface area contributed by atoms with Gasteiger partial charge in [0.25, 0.3) is 0 Å². The van der Waals surface area contributed by atoms with Crippen molar-refractivity contribution in [1.29, 1.82) is 0 Å². The molecule has 2 saturated heterocycles. The average molecular weight is 375 g/mol. The first-order valence-electron chi connectivity index (χ1n) is 9.68. The second kappa shape index (κ2) is 6.29. The van der Waals surface area contributed by atoms with E-state index in [-0.39, 0.29) is 0 Å². The third-order valence-electron chi connectivity index (χ3n) is 5.87. The minimum Gasteiger partial charge on any atom is -0.370 e. The molecule has 0 saturated carbocycles. The molecule has 8 heteroatoms. The third-order valence-corrected chi connectivity index (χ3v) is 5.87. The maximum Gasteiger partial charge on any atom is 0.228 e. The van der Waals surface area contributed by atoms with Crippen molar-refractivity contribution in [2.75, 3.05) is 23.3 Å². The number of fused-ring (bicyclic) bond motifs is 3. The van der Waals surface area contributed by atoms with Crippen LogP contribution >= 0.6 is 0 Å². The summed E-state index contributed by atoms with van der Waals surface area (Å²) < 4.78 is 5.66. The normalized spacial score (nSPS) is 22.6. The Morgan fingerprint density at radius 1 is 1.04 bits per heavy atom. The molecular formula is C20H21N7O. The van der Waals surface area contributed by atoms with Crippen LogP contribution in [0.25, 0.3) is 11.1 Å². The number of benzene rings is 1. The van der Waals surface area contributed by atoms with Gasteiger partial charge in [-0.1, -0.05) is 12.1 Å². The molecular weight excluding hydrogens is 354 g/mol. The van der Waals surface area contributed by atoms with E-state index < -0.39 is 0 Å². The van der Waals surface area contributed by atoms with E-state index in [1.807, 2.05) is 12.4 Å². The lowest BCUT2D eigenvalue weighted by Gasteiger charge is -2.53. The fourth-order valence-corrected chi connectivity index (χ4v) is 4.36. The van der Waals surface area contributed by atoms with E-state index in [0.717, 1.165) is 52.9 Å². The number of aromatic nitrogens is 4. The van der Waals surface area contributed by atoms with E-state index in [4.69, 9.17) is 14.7 Å². The Morgan fingerprint density at radius 3 is 2.64 bits per heavy atom. The van der Waals surface area contributed by atoms with Crippen LogP contribution in [0.5, 0.6) is 0 Å². The molecule has 2 unspecified atom stereocenters. The maximum atomic E-state index is 5.66. The number of hydrogen-bond acceptors (Lipinski definition) is 7. The van der Waals surface area contributed by atoms with E-state index in [2.05, 4.69) is 50.0 Å². The summed E-state index contributed by atoms with van der Waals surface area (Å²) in [5.74, 6) is 1.68. The molecule has 5 heterocycles. The topological polar surface area (TPSA) is 91.0 Å². The zero-order valence-electron chi connectivity index (χ0n) is 15.4. The molecule has 3 aromatic rings. The number of piperidine rings is 1. The van der Waals surface area contributed by atoms with Crippen LogP contribution in [0.3, 0.4) is 0 Å². The van der Waals surface area contributed by atoms with Crippen LogP contribution in [0.4, 0.5) is 17.5 Å². The highest BCUT2D eigenvalue weighted by Gasteiger charge is 2.43. The number of nitrogens with zero attached hydrogens (tertiary/aromatic N) is 4. The van der Waals surface area contributed by atoms with Crippen molar-refractivity contribution in [3.8, 4) is 11.1 Å². The molecule has 6 rings (SSSR count). The van der Waals surface area contributed by atoms with Gasteiger partial charge in [0.2, 0.25) is 5.95 Å². The van der Waals surface area contributed by atoms with Gasteiger partial charge in [-0.15, -0.1) is 0 Å². The number of ether oxygens (including phenoxy) is 1. The fourth-order valence-electron chi connectivity index (χ4n) is 4.36. The predicted molar refractivity (Wildman–Crippen MR) is 105 cm³/mol. The smallest absolute Gasteiger partial charge is 0.228 e. The predicted octanol–water partition coefficient (Wildman–Crippen LogP) is 2.19. The minimum atomic E-state index is 0.501. The number of H-pyrrole nitrogens is 1. The van der Waals surface area contributed by atoms with Gasteiger partial charge >= 0.3 is 0 Å². The second-order valence-corrected chi connectivity index (χ2v) is 7.59. The van der Waals surface area contributed by atoms with Gasteiger partial charge in [-0.05, 0) is 24.1 Å². The Hall–Kier alpha value is -2.97. The number of rotatable bonds is 4. The molecule has 0 aliphatic carbocycles. The number of aromatic amines is 1. The van der Waals surface area contributed by atoms with Crippen LogP contribution in [-0.2, 0) is 18.0 Å². The van der Waals surface area contributed by atoms with E-state index in [0.29, 0.717) is 25.3 Å². The van der Waals surface area contributed by atoms with Crippen LogP contribution < -0.4 is 15.5 Å². The lowest BCUT2D eigenvalue weighted by Crippen LogP contribution is -2.68. The first kappa shape index (κ1) is 16.0. The van der Waals surface area contributed by atoms with Crippen molar-refractivity contribution >= 4 is 17.5 Å². The van der Waals surface area contributed by atoms with Gasteiger partial charge in [0.1, 0.15) is 5.82 Å². The van der Waals surface area contributed by atoms with E-state index in [1.54, 1.807) is 0 Å². The highest BCUT2D eigenvalue weighted by molar-refractivity contribution is 5.68. The van der Waals surface area contributed by atoms with E-state index in [1.165, 1.54) is 6.42 Å². The van der Waals surface area contributed by atoms with Gasteiger partial charge in [-0.25, -0.2) is 4.98 Å². The number of piperazine rings is 1. The van der Waals surface area contributed by atoms with Crippen molar-refractivity contribution in [2.24, 2.45) is 0 Å². The quantitative estimate of drug-likeness (QED) is 0.644. The number of hydrogen-bond donors (Lipinski definition) is 3. The minimum absolute atomic E-state index is 0.501. The highest BCUT2D eigenvalue weighted by atomic mass is 16.5. The Labute approximate surface area is 162 Å². The summed E-state index contributed by atoms with van der Waals surface area (Å²) in [4.78, 5) is 12.1. The molecule has 8 nitrogen and oxygen atoms in total. The summed E-state index contributed by atoms with van der Waals surface area (Å²) in [6, 6.07) is 9.29. The molecule has 2 fully saturated rings. The first-order chi connectivity index (χ1) is 13.8. The summed E-state index contributed by atoms with van der Waals surface area (Å²) in [7, 11) is 0. The van der Waals surface area contributed by atoms with Gasteiger partial charge in [-0.3, -0.25) is 5.10 Å². The standard InChI is InChI=1S/C20H21N7O/c1-3-14(4-2-12(1)13-6-22-23-7-13)24-19-17-10-28-11-18(17)25-20(26-19)27-15-5-16(27)9-21-8-15/h1-4,6-7,15-16,21H,5,8-11H2,(H,22,23)(H,24,25,26). The van der Waals surface area contributed by atoms with Gasteiger partial charge in [0.15, 0.2) is 0 Å². The molecule has 0 radical (unpaired) electrons. The van der Waals surface area contributed by atoms with Crippen LogP contribution in [0, 0.1) is 0 Å². The molecule has 0 amide bonds. The van der Waals surface area contributed by atoms with Gasteiger partial charge in [-0.2, -0.15) is 10.1 Å². The SMILES string of the molecule is c1cc(-c2cn[nH]c2)ccc1Nc1nc(N2C3CNCC2C3)nc2c1COC2. The van der Waals surface area contributed by atoms with Crippen molar-refractivity contribution in [3.63, 3.8) is 0 Å². The van der Waals surface area contributed by atoms with Crippen LogP contribution in [-0.4, -0.2) is 45.3 Å². The molecule has 142 valence electrons. The molecule has 3 aliphatic heterocycles. The van der Waals surface area contributed by atoms with Crippen molar-refractivity contribution < 1.29 is 4.74 Å². The van der Waals surface area contributed by atoms with Crippen LogP contribution in [0.1, 0.15) is 17.7 Å². The third kappa shape index (κ3) is 2.56. The van der Waals surface area contributed by atoms with Crippen LogP contribution in [0.15, 0.2) is 36.7 Å². The Kier molecular flexibility index (Phi) is 3.60. The summed E-state index contributed by atoms with van der Waals surface area (Å²) in [5.41, 5.74) is 5.25. The molecule has 28 heavy (non-hydrogen) atoms. The molecule has 0 spiro atoms. The number of nitrogens with one attached hydrogen (secondary N) is 3. The first-order valence-corrected chi connectivity index (χ1v) is 9.68. The lowest BCUT2D eigenvalue weighted by atomic mass is 9.89. The summed E-state index contributed by atoms with van der Waals surface area (Å²) in [6.45, 7) is 3.12. The van der Waals surface area contributed by atoms with E-state index in [9.17, 15) is 0 Å². The maximum absolute atomic E-state index is 5.66. The number of anilines is 3. The Morgan fingerprint density at radius 2 is 1.89 bits per heavy atom.